The summed E-state index contributed by atoms with van der Waals surface area (Å²) >= 11 is 0. The maximum atomic E-state index is 12.9. The molecule has 2 atom stereocenters. The molecule has 2 fully saturated rings. The van der Waals surface area contributed by atoms with Gasteiger partial charge in [0.1, 0.15) is 0 Å². The molecule has 0 amide bonds. The number of morpholine rings is 1. The van der Waals surface area contributed by atoms with Crippen LogP contribution in [0.1, 0.15) is 23.2 Å². The van der Waals surface area contributed by atoms with Gasteiger partial charge in [-0.1, -0.05) is 49.1 Å². The second-order valence-corrected chi connectivity index (χ2v) is 12.9. The molecule has 0 saturated carbocycles. The fraction of sp³-hybridized carbons (Fsp3) is 0.611. The summed E-state index contributed by atoms with van der Waals surface area (Å²) in [4.78, 5) is 15.3. The summed E-state index contributed by atoms with van der Waals surface area (Å²) in [6, 6.07) is 9.22. The molecule has 3 rings (SSSR count). The van der Waals surface area contributed by atoms with Crippen LogP contribution in [0, 0.1) is 5.92 Å². The van der Waals surface area contributed by atoms with E-state index in [1.165, 1.54) is 5.19 Å². The van der Waals surface area contributed by atoms with Gasteiger partial charge in [-0.25, -0.2) is 0 Å². The van der Waals surface area contributed by atoms with E-state index in [1.807, 2.05) is 12.1 Å². The predicted molar refractivity (Wildman–Crippen MR) is 92.6 cm³/mol. The molecule has 2 saturated heterocycles. The second-order valence-electron chi connectivity index (χ2n) is 7.87. The Kier molecular flexibility index (Phi) is 4.27. The molecule has 0 N–H and O–H groups in total. The number of Topliss-reactive ketones (excluding diaryl/α,β-unsaturated/α-hetero) is 1. The monoisotopic (exact) mass is 317 g/mol. The van der Waals surface area contributed by atoms with Crippen molar-refractivity contribution in [3.8, 4) is 0 Å². The van der Waals surface area contributed by atoms with Gasteiger partial charge in [0.05, 0.1) is 21.3 Å². The van der Waals surface area contributed by atoms with Gasteiger partial charge in [-0.3, -0.25) is 9.69 Å². The molecule has 2 aliphatic rings. The molecule has 22 heavy (non-hydrogen) atoms. The number of benzene rings is 1. The number of fused-ring (bicyclic) bond motifs is 2. The Balaban J connectivity index is 1.74. The zero-order valence-electron chi connectivity index (χ0n) is 14.1. The third-order valence-corrected chi connectivity index (χ3v) is 7.36. The van der Waals surface area contributed by atoms with Gasteiger partial charge in [0.15, 0.2) is 5.78 Å². The lowest BCUT2D eigenvalue weighted by atomic mass is 9.81. The van der Waals surface area contributed by atoms with Crippen molar-refractivity contribution in [3.05, 3.63) is 29.8 Å². The lowest BCUT2D eigenvalue weighted by molar-refractivity contribution is -0.0702. The van der Waals surface area contributed by atoms with E-state index in [4.69, 9.17) is 4.74 Å². The maximum absolute atomic E-state index is 12.9. The van der Waals surface area contributed by atoms with E-state index >= 15 is 0 Å². The first kappa shape index (κ1) is 15.9. The first-order valence-electron chi connectivity index (χ1n) is 8.30. The summed E-state index contributed by atoms with van der Waals surface area (Å²) < 4.78 is 5.65. The minimum Gasteiger partial charge on any atom is -0.378 e. The summed E-state index contributed by atoms with van der Waals surface area (Å²) in [7, 11) is 0.875. The molecule has 3 nitrogen and oxygen atoms in total. The Morgan fingerprint density at radius 3 is 2.14 bits per heavy atom. The second kappa shape index (κ2) is 5.91. The van der Waals surface area contributed by atoms with Crippen LogP contribution in [0.25, 0.3) is 0 Å². The average Bonchev–Trinajstić information content (AvgIpc) is 2.45. The molecular formula is C18H27NO2Si. The number of rotatable bonds is 3. The molecule has 0 spiro atoms. The molecule has 0 aliphatic carbocycles. The molecule has 4 heteroatoms. The van der Waals surface area contributed by atoms with E-state index in [0.717, 1.165) is 31.6 Å². The first-order valence-corrected chi connectivity index (χ1v) is 11.8. The van der Waals surface area contributed by atoms with Crippen LogP contribution in [0.3, 0.4) is 0 Å². The zero-order chi connectivity index (χ0) is 15.9. The third kappa shape index (κ3) is 3.05. The molecule has 120 valence electrons. The number of carbonyl (C=O) groups is 1. The van der Waals surface area contributed by atoms with Gasteiger partial charge in [0, 0.05) is 23.6 Å². The lowest BCUT2D eigenvalue weighted by Crippen LogP contribution is -2.55. The van der Waals surface area contributed by atoms with Crippen LogP contribution < -0.4 is 5.19 Å². The highest BCUT2D eigenvalue weighted by Crippen LogP contribution is 2.32. The van der Waals surface area contributed by atoms with Crippen LogP contribution in [0.4, 0.5) is 0 Å². The first-order chi connectivity index (χ1) is 10.4. The van der Waals surface area contributed by atoms with Crippen LogP contribution in [0.2, 0.25) is 19.6 Å². The zero-order valence-corrected chi connectivity index (χ0v) is 15.1. The van der Waals surface area contributed by atoms with E-state index in [2.05, 4.69) is 43.7 Å². The van der Waals surface area contributed by atoms with E-state index in [-0.39, 0.29) is 5.92 Å². The highest BCUT2D eigenvalue weighted by molar-refractivity contribution is 6.88. The topological polar surface area (TPSA) is 29.5 Å². The van der Waals surface area contributed by atoms with Gasteiger partial charge in [0.2, 0.25) is 0 Å². The minimum absolute atomic E-state index is 0.160. The van der Waals surface area contributed by atoms with Crippen LogP contribution >= 0.6 is 0 Å². The van der Waals surface area contributed by atoms with E-state index < -0.39 is 8.07 Å². The molecule has 1 aromatic rings. The standard InChI is InChI=1S/C18H27NO2Si/c1-19-15-9-14(10-16(19)12-21-11-15)18(20)13-5-7-17(8-6-13)22(2,3)4/h5-8,14-16H,9-12H2,1-4H3. The number of hydrogen-bond acceptors (Lipinski definition) is 3. The van der Waals surface area contributed by atoms with Gasteiger partial charge in [-0.2, -0.15) is 0 Å². The molecular weight excluding hydrogens is 290 g/mol. The van der Waals surface area contributed by atoms with E-state index in [1.54, 1.807) is 0 Å². The van der Waals surface area contributed by atoms with Gasteiger partial charge < -0.3 is 4.74 Å². The van der Waals surface area contributed by atoms with Crippen LogP contribution in [-0.4, -0.2) is 51.1 Å². The SMILES string of the molecule is CN1C2COCC1CC(C(=O)c1ccc([Si](C)(C)C)cc1)C2. The Labute approximate surface area is 134 Å². The van der Waals surface area contributed by atoms with E-state index in [9.17, 15) is 4.79 Å². The quantitative estimate of drug-likeness (QED) is 0.634. The Morgan fingerprint density at radius 2 is 1.64 bits per heavy atom. The Bertz CT molecular complexity index is 535. The van der Waals surface area contributed by atoms with Gasteiger partial charge >= 0.3 is 0 Å². The van der Waals surface area contributed by atoms with Crippen molar-refractivity contribution in [2.24, 2.45) is 5.92 Å². The van der Waals surface area contributed by atoms with Crippen LogP contribution in [0.15, 0.2) is 24.3 Å². The van der Waals surface area contributed by atoms with Crippen molar-refractivity contribution in [3.63, 3.8) is 0 Å². The molecule has 0 aromatic heterocycles. The van der Waals surface area contributed by atoms with Crippen molar-refractivity contribution < 1.29 is 9.53 Å². The summed E-state index contributed by atoms with van der Waals surface area (Å²) in [5, 5.41) is 1.41. The van der Waals surface area contributed by atoms with Crippen LogP contribution in [-0.2, 0) is 4.74 Å². The Hall–Kier alpha value is -0.973. The smallest absolute Gasteiger partial charge is 0.166 e. The van der Waals surface area contributed by atoms with Crippen LogP contribution in [0.5, 0.6) is 0 Å². The predicted octanol–water partition coefficient (Wildman–Crippen LogP) is 2.52. The van der Waals surface area contributed by atoms with Crippen molar-refractivity contribution in [2.45, 2.75) is 44.6 Å². The molecule has 2 unspecified atom stereocenters. The molecule has 2 bridgehead atoms. The van der Waals surface area contributed by atoms with Gasteiger partial charge in [0.25, 0.3) is 0 Å². The number of carbonyl (C=O) groups excluding carboxylic acids is 1. The number of piperidine rings is 1. The van der Waals surface area contributed by atoms with Crippen molar-refractivity contribution in [2.75, 3.05) is 20.3 Å². The number of hydrogen-bond donors (Lipinski definition) is 0. The average molecular weight is 318 g/mol. The number of ketones is 1. The largest absolute Gasteiger partial charge is 0.378 e. The third-order valence-electron chi connectivity index (χ3n) is 5.29. The van der Waals surface area contributed by atoms with Crippen molar-refractivity contribution in [1.29, 1.82) is 0 Å². The molecule has 1 aromatic carbocycles. The number of likely N-dealkylation sites (N-methyl/N-ethyl adjacent to an activating group) is 1. The van der Waals surface area contributed by atoms with Gasteiger partial charge in [-0.05, 0) is 19.9 Å². The molecule has 2 heterocycles. The molecule has 2 aliphatic heterocycles. The highest BCUT2D eigenvalue weighted by Gasteiger charge is 2.39. The van der Waals surface area contributed by atoms with Gasteiger partial charge in [-0.15, -0.1) is 0 Å². The van der Waals surface area contributed by atoms with E-state index in [0.29, 0.717) is 17.9 Å². The van der Waals surface area contributed by atoms with Crippen molar-refractivity contribution >= 4 is 19.0 Å². The fourth-order valence-corrected chi connectivity index (χ4v) is 4.85. The summed E-state index contributed by atoms with van der Waals surface area (Å²) in [5.74, 6) is 0.486. The number of nitrogens with zero attached hydrogens (tertiary/aromatic N) is 1. The fourth-order valence-electron chi connectivity index (χ4n) is 3.68. The van der Waals surface area contributed by atoms with Crippen molar-refractivity contribution in [1.82, 2.24) is 4.90 Å². The summed E-state index contributed by atoms with van der Waals surface area (Å²) in [6.45, 7) is 8.54. The summed E-state index contributed by atoms with van der Waals surface area (Å²) in [5.41, 5.74) is 0.885. The number of ether oxygens (including phenoxy) is 1. The summed E-state index contributed by atoms with van der Waals surface area (Å²) in [6.07, 6.45) is 1.86. The minimum atomic E-state index is -1.29. The molecule has 0 radical (unpaired) electrons. The normalized spacial score (nSPS) is 29.4. The lowest BCUT2D eigenvalue weighted by Gasteiger charge is -2.46. The maximum Gasteiger partial charge on any atom is 0.166 e. The Morgan fingerprint density at radius 1 is 1.09 bits per heavy atom. The highest BCUT2D eigenvalue weighted by atomic mass is 28.3.